The van der Waals surface area contributed by atoms with Crippen molar-refractivity contribution >= 4 is 11.8 Å². The summed E-state index contributed by atoms with van der Waals surface area (Å²) in [7, 11) is 0. The first-order valence-electron chi connectivity index (χ1n) is 7.66. The van der Waals surface area contributed by atoms with Crippen LogP contribution in [0, 0.1) is 6.92 Å². The van der Waals surface area contributed by atoms with Gasteiger partial charge in [-0.25, -0.2) is 4.98 Å². The highest BCUT2D eigenvalue weighted by Gasteiger charge is 2.32. The van der Waals surface area contributed by atoms with E-state index < -0.39 is 5.91 Å². The topological polar surface area (TPSA) is 120 Å². The maximum atomic E-state index is 12.2. The first-order chi connectivity index (χ1) is 11.9. The molecule has 1 aliphatic heterocycles. The molecular formula is C16H17N5O4. The van der Waals surface area contributed by atoms with Crippen LogP contribution >= 0.6 is 0 Å². The summed E-state index contributed by atoms with van der Waals surface area (Å²) in [6.07, 6.45) is 2.62. The lowest BCUT2D eigenvalue weighted by molar-refractivity contribution is -0.140. The van der Waals surface area contributed by atoms with Crippen molar-refractivity contribution in [3.05, 3.63) is 52.5 Å². The highest BCUT2D eigenvalue weighted by molar-refractivity contribution is 5.91. The number of ether oxygens (including phenoxy) is 1. The number of amides is 2. The number of nitrogens with two attached hydrogens (primary N) is 1. The summed E-state index contributed by atoms with van der Waals surface area (Å²) in [6.45, 7) is 2.47. The van der Waals surface area contributed by atoms with Gasteiger partial charge in [-0.15, -0.1) is 0 Å². The Labute approximate surface area is 143 Å². The summed E-state index contributed by atoms with van der Waals surface area (Å²) in [5, 5.41) is 0. The van der Waals surface area contributed by atoms with Gasteiger partial charge in [0.2, 0.25) is 5.91 Å². The van der Waals surface area contributed by atoms with Gasteiger partial charge in [0, 0.05) is 24.0 Å². The van der Waals surface area contributed by atoms with E-state index in [0.717, 1.165) is 0 Å². The molecule has 130 valence electrons. The summed E-state index contributed by atoms with van der Waals surface area (Å²) >= 11 is 0. The predicted molar refractivity (Wildman–Crippen MR) is 87.0 cm³/mol. The number of pyridine rings is 1. The van der Waals surface area contributed by atoms with Gasteiger partial charge in [0.15, 0.2) is 0 Å². The van der Waals surface area contributed by atoms with Gasteiger partial charge in [-0.1, -0.05) is 0 Å². The minimum Gasteiger partial charge on any atom is -0.487 e. The van der Waals surface area contributed by atoms with E-state index in [4.69, 9.17) is 10.5 Å². The number of nitrogens with zero attached hydrogens (tertiary/aromatic N) is 4. The summed E-state index contributed by atoms with van der Waals surface area (Å²) in [6, 6.07) is 4.47. The Morgan fingerprint density at radius 1 is 1.32 bits per heavy atom. The zero-order valence-electron chi connectivity index (χ0n) is 13.6. The van der Waals surface area contributed by atoms with Crippen molar-refractivity contribution in [3.8, 4) is 5.75 Å². The van der Waals surface area contributed by atoms with Crippen molar-refractivity contribution in [1.29, 1.82) is 0 Å². The van der Waals surface area contributed by atoms with Gasteiger partial charge in [-0.3, -0.25) is 23.9 Å². The molecule has 0 radical (unpaired) electrons. The van der Waals surface area contributed by atoms with Crippen molar-refractivity contribution in [2.75, 3.05) is 13.1 Å². The average Bonchev–Trinajstić information content (AvgIpc) is 2.53. The van der Waals surface area contributed by atoms with Gasteiger partial charge in [0.1, 0.15) is 24.1 Å². The van der Waals surface area contributed by atoms with E-state index >= 15 is 0 Å². The number of carbonyl (C=O) groups excluding carboxylic acids is 2. The van der Waals surface area contributed by atoms with Crippen LogP contribution in [0.1, 0.15) is 16.2 Å². The maximum absolute atomic E-state index is 12.2. The lowest BCUT2D eigenvalue weighted by atomic mass is 10.1. The molecule has 1 fully saturated rings. The van der Waals surface area contributed by atoms with Gasteiger partial charge in [0.25, 0.3) is 11.5 Å². The third kappa shape index (κ3) is 3.82. The molecular weight excluding hydrogens is 326 g/mol. The van der Waals surface area contributed by atoms with Crippen LogP contribution in [0.5, 0.6) is 5.75 Å². The van der Waals surface area contributed by atoms with Crippen molar-refractivity contribution in [3.63, 3.8) is 0 Å². The normalized spacial score (nSPS) is 14.0. The molecule has 2 amide bonds. The molecule has 0 aromatic carbocycles. The van der Waals surface area contributed by atoms with Gasteiger partial charge >= 0.3 is 0 Å². The Bertz CT molecular complexity index is 873. The Kier molecular flexibility index (Phi) is 4.46. The number of aromatic nitrogens is 3. The molecule has 0 aliphatic carbocycles. The Morgan fingerprint density at radius 2 is 2.08 bits per heavy atom. The van der Waals surface area contributed by atoms with Crippen LogP contribution < -0.4 is 16.0 Å². The number of rotatable bonds is 5. The Morgan fingerprint density at radius 3 is 2.76 bits per heavy atom. The van der Waals surface area contributed by atoms with Crippen LogP contribution in [0.2, 0.25) is 0 Å². The molecule has 9 heteroatoms. The first-order valence-corrected chi connectivity index (χ1v) is 7.66. The Balaban J connectivity index is 1.53. The van der Waals surface area contributed by atoms with Crippen LogP contribution in [0.3, 0.4) is 0 Å². The van der Waals surface area contributed by atoms with E-state index in [-0.39, 0.29) is 29.8 Å². The van der Waals surface area contributed by atoms with Crippen molar-refractivity contribution < 1.29 is 14.3 Å². The van der Waals surface area contributed by atoms with E-state index in [1.165, 1.54) is 29.2 Å². The molecule has 2 aromatic heterocycles. The third-order valence-electron chi connectivity index (χ3n) is 3.81. The lowest BCUT2D eigenvalue weighted by Gasteiger charge is -2.39. The SMILES string of the molecule is Cc1cc(=O)n(CC(=O)N2CC(Oc3ccnc(C(N)=O)c3)C2)cn1. The lowest BCUT2D eigenvalue weighted by Crippen LogP contribution is -2.57. The summed E-state index contributed by atoms with van der Waals surface area (Å²) in [4.78, 5) is 44.5. The van der Waals surface area contributed by atoms with Crippen molar-refractivity contribution in [1.82, 2.24) is 19.4 Å². The summed E-state index contributed by atoms with van der Waals surface area (Å²) in [5.74, 6) is -0.340. The fourth-order valence-electron chi connectivity index (χ4n) is 2.41. The first kappa shape index (κ1) is 16.6. The van der Waals surface area contributed by atoms with E-state index in [1.807, 2.05) is 0 Å². The number of likely N-dealkylation sites (tertiary alicyclic amines) is 1. The second-order valence-electron chi connectivity index (χ2n) is 5.78. The van der Waals surface area contributed by atoms with Crippen LogP contribution in [0.25, 0.3) is 0 Å². The standard InChI is InChI=1S/C16H17N5O4/c1-10-4-14(22)21(9-19-10)8-15(23)20-6-12(7-20)25-11-2-3-18-13(5-11)16(17)24/h2-5,9,12H,6-8H2,1H3,(H2,17,24). The molecule has 25 heavy (non-hydrogen) atoms. The molecule has 0 saturated carbocycles. The molecule has 2 aromatic rings. The van der Waals surface area contributed by atoms with Crippen LogP contribution in [-0.4, -0.2) is 50.4 Å². The van der Waals surface area contributed by atoms with E-state index in [9.17, 15) is 14.4 Å². The molecule has 9 nitrogen and oxygen atoms in total. The fourth-order valence-corrected chi connectivity index (χ4v) is 2.41. The third-order valence-corrected chi connectivity index (χ3v) is 3.81. The highest BCUT2D eigenvalue weighted by atomic mass is 16.5. The van der Waals surface area contributed by atoms with Crippen molar-refractivity contribution in [2.45, 2.75) is 19.6 Å². The Hall–Kier alpha value is -3.23. The zero-order valence-corrected chi connectivity index (χ0v) is 13.6. The van der Waals surface area contributed by atoms with E-state index in [1.54, 1.807) is 17.9 Å². The zero-order chi connectivity index (χ0) is 18.0. The molecule has 0 bridgehead atoms. The van der Waals surface area contributed by atoms with E-state index in [0.29, 0.717) is 24.5 Å². The largest absolute Gasteiger partial charge is 0.487 e. The predicted octanol–water partition coefficient (Wildman–Crippen LogP) is -0.665. The minimum absolute atomic E-state index is 0.0556. The smallest absolute Gasteiger partial charge is 0.267 e. The van der Waals surface area contributed by atoms with Gasteiger partial charge in [-0.2, -0.15) is 0 Å². The van der Waals surface area contributed by atoms with Crippen molar-refractivity contribution in [2.24, 2.45) is 5.73 Å². The summed E-state index contributed by atoms with van der Waals surface area (Å²) in [5.41, 5.74) is 5.65. The maximum Gasteiger partial charge on any atom is 0.267 e. The number of carbonyl (C=O) groups is 2. The average molecular weight is 343 g/mol. The number of hydrogen-bond acceptors (Lipinski definition) is 6. The van der Waals surface area contributed by atoms with Gasteiger partial charge < -0.3 is 15.4 Å². The van der Waals surface area contributed by atoms with E-state index in [2.05, 4.69) is 9.97 Å². The van der Waals surface area contributed by atoms with Gasteiger partial charge in [-0.05, 0) is 13.0 Å². The molecule has 0 atom stereocenters. The molecule has 1 saturated heterocycles. The second-order valence-corrected chi connectivity index (χ2v) is 5.78. The second kappa shape index (κ2) is 6.71. The highest BCUT2D eigenvalue weighted by Crippen LogP contribution is 2.18. The molecule has 3 heterocycles. The molecule has 1 aliphatic rings. The molecule has 3 rings (SSSR count). The quantitative estimate of drug-likeness (QED) is 0.769. The number of aryl methyl sites for hydroxylation is 1. The monoisotopic (exact) mass is 343 g/mol. The molecule has 2 N–H and O–H groups in total. The van der Waals surface area contributed by atoms with Crippen LogP contribution in [0.15, 0.2) is 35.5 Å². The minimum atomic E-state index is -0.631. The fraction of sp³-hybridized carbons (Fsp3) is 0.312. The summed E-state index contributed by atoms with van der Waals surface area (Å²) < 4.78 is 6.96. The van der Waals surface area contributed by atoms with Crippen LogP contribution in [-0.2, 0) is 11.3 Å². The molecule has 0 unspecified atom stereocenters. The number of primary amides is 1. The van der Waals surface area contributed by atoms with Gasteiger partial charge in [0.05, 0.1) is 19.4 Å². The van der Waals surface area contributed by atoms with Crippen LogP contribution in [0.4, 0.5) is 0 Å². The number of hydrogen-bond donors (Lipinski definition) is 1. The molecule has 0 spiro atoms.